The lowest BCUT2D eigenvalue weighted by atomic mass is 9.86. The van der Waals surface area contributed by atoms with Gasteiger partial charge in [-0.2, -0.15) is 0 Å². The summed E-state index contributed by atoms with van der Waals surface area (Å²) in [7, 11) is 0. The maximum atomic E-state index is 6.17. The molecule has 2 rings (SSSR count). The lowest BCUT2D eigenvalue weighted by Crippen LogP contribution is -2.53. The first kappa shape index (κ1) is 22.5. The molecule has 4 nitrogen and oxygen atoms in total. The summed E-state index contributed by atoms with van der Waals surface area (Å²) in [5.41, 5.74) is 30.4. The summed E-state index contributed by atoms with van der Waals surface area (Å²) in [4.78, 5) is 0. The summed E-state index contributed by atoms with van der Waals surface area (Å²) in [6.07, 6.45) is 14.9. The van der Waals surface area contributed by atoms with Crippen molar-refractivity contribution in [2.45, 2.75) is 45.2 Å². The third kappa shape index (κ3) is 7.26. The molecule has 0 spiro atoms. The predicted molar refractivity (Wildman–Crippen MR) is 125 cm³/mol. The topological polar surface area (TPSA) is 104 Å². The first-order valence-corrected chi connectivity index (χ1v) is 9.98. The third-order valence-electron chi connectivity index (χ3n) is 4.97. The fourth-order valence-electron chi connectivity index (χ4n) is 3.29. The van der Waals surface area contributed by atoms with Crippen LogP contribution in [0.2, 0.25) is 0 Å². The Morgan fingerprint density at radius 2 is 1.86 bits per heavy atom. The molecule has 0 fully saturated rings. The van der Waals surface area contributed by atoms with Gasteiger partial charge in [-0.15, -0.1) is 0 Å². The third-order valence-corrected chi connectivity index (χ3v) is 4.97. The van der Waals surface area contributed by atoms with Crippen LogP contribution in [0.3, 0.4) is 0 Å². The lowest BCUT2D eigenvalue weighted by molar-refractivity contribution is 0.438. The van der Waals surface area contributed by atoms with E-state index in [0.717, 1.165) is 48.1 Å². The van der Waals surface area contributed by atoms with Crippen molar-refractivity contribution in [1.29, 1.82) is 0 Å². The van der Waals surface area contributed by atoms with E-state index in [1.54, 1.807) is 0 Å². The number of hydrogen-bond donors (Lipinski definition) is 4. The number of hydrogen-bond acceptors (Lipinski definition) is 4. The molecule has 0 saturated heterocycles. The van der Waals surface area contributed by atoms with Crippen LogP contribution in [-0.2, 0) is 6.42 Å². The van der Waals surface area contributed by atoms with Gasteiger partial charge < -0.3 is 22.9 Å². The summed E-state index contributed by atoms with van der Waals surface area (Å²) in [6, 6.07) is 8.44. The van der Waals surface area contributed by atoms with E-state index < -0.39 is 5.66 Å². The Bertz CT molecular complexity index is 878. The maximum absolute atomic E-state index is 6.17. The SMILES string of the molecule is C=C(/C=C(N)/C=C/C=C(C)/C=C/C1=C(N)CCCC1(N)N)Cc1ccc(C)cc1. The minimum Gasteiger partial charge on any atom is -0.402 e. The van der Waals surface area contributed by atoms with Crippen molar-refractivity contribution in [2.75, 3.05) is 0 Å². The van der Waals surface area contributed by atoms with Gasteiger partial charge in [-0.25, -0.2) is 0 Å². The second-order valence-corrected chi connectivity index (χ2v) is 7.90. The van der Waals surface area contributed by atoms with Crippen LogP contribution in [0.5, 0.6) is 0 Å². The Hall–Kier alpha value is -2.82. The van der Waals surface area contributed by atoms with E-state index in [2.05, 4.69) is 37.8 Å². The number of allylic oxidation sites excluding steroid dienone is 8. The first-order chi connectivity index (χ1) is 13.7. The van der Waals surface area contributed by atoms with Crippen molar-refractivity contribution in [3.63, 3.8) is 0 Å². The summed E-state index contributed by atoms with van der Waals surface area (Å²) >= 11 is 0. The standard InChI is InChI=1S/C25H34N4/c1-18(11-14-23-24(27)8-5-15-25(23,28)29)6-4-7-22(26)17-20(3)16-21-12-9-19(2)10-13-21/h4,6-7,9-14,17H,3,5,8,15-16,26-29H2,1-2H3/b7-4+,14-11+,18-6+,22-17-. The molecule has 8 N–H and O–H groups in total. The molecule has 1 aliphatic carbocycles. The lowest BCUT2D eigenvalue weighted by Gasteiger charge is -2.31. The Morgan fingerprint density at radius 1 is 1.17 bits per heavy atom. The van der Waals surface area contributed by atoms with Crippen molar-refractivity contribution in [2.24, 2.45) is 22.9 Å². The van der Waals surface area contributed by atoms with Crippen LogP contribution in [0.15, 0.2) is 95.4 Å². The van der Waals surface area contributed by atoms with Crippen LogP contribution in [0.25, 0.3) is 0 Å². The summed E-state index contributed by atoms with van der Waals surface area (Å²) in [5, 5.41) is 0. The van der Waals surface area contributed by atoms with Crippen LogP contribution >= 0.6 is 0 Å². The smallest absolute Gasteiger partial charge is 0.0916 e. The van der Waals surface area contributed by atoms with E-state index in [9.17, 15) is 0 Å². The first-order valence-electron chi connectivity index (χ1n) is 9.98. The molecule has 0 bridgehead atoms. The van der Waals surface area contributed by atoms with E-state index in [1.165, 1.54) is 11.1 Å². The highest BCUT2D eigenvalue weighted by Crippen LogP contribution is 2.27. The molecular formula is C25H34N4. The summed E-state index contributed by atoms with van der Waals surface area (Å²) in [6.45, 7) is 8.18. The normalized spacial score (nSPS) is 18.1. The zero-order chi connectivity index (χ0) is 21.4. The summed E-state index contributed by atoms with van der Waals surface area (Å²) in [5.74, 6) is 0. The van der Waals surface area contributed by atoms with Gasteiger partial charge in [0.15, 0.2) is 0 Å². The van der Waals surface area contributed by atoms with Gasteiger partial charge in [-0.05, 0) is 62.8 Å². The second-order valence-electron chi connectivity index (χ2n) is 7.90. The molecule has 0 aliphatic heterocycles. The van der Waals surface area contributed by atoms with E-state index in [0.29, 0.717) is 5.70 Å². The molecule has 154 valence electrons. The predicted octanol–water partition coefficient (Wildman–Crippen LogP) is 4.01. The number of aryl methyl sites for hydroxylation is 1. The molecule has 29 heavy (non-hydrogen) atoms. The molecule has 4 heteroatoms. The molecular weight excluding hydrogens is 356 g/mol. The molecule has 0 amide bonds. The average molecular weight is 391 g/mol. The minimum atomic E-state index is -0.847. The number of rotatable bonds is 7. The van der Waals surface area contributed by atoms with Gasteiger partial charge in [0.05, 0.1) is 5.66 Å². The van der Waals surface area contributed by atoms with Gasteiger partial charge in [0.1, 0.15) is 0 Å². The molecule has 0 atom stereocenters. The van der Waals surface area contributed by atoms with E-state index in [1.807, 2.05) is 43.4 Å². The maximum Gasteiger partial charge on any atom is 0.0916 e. The zero-order valence-electron chi connectivity index (χ0n) is 17.6. The molecule has 0 aromatic heterocycles. The highest BCUT2D eigenvalue weighted by molar-refractivity contribution is 5.39. The van der Waals surface area contributed by atoms with Gasteiger partial charge in [-0.1, -0.05) is 66.3 Å². The molecule has 1 aromatic carbocycles. The number of benzene rings is 1. The van der Waals surface area contributed by atoms with Crippen LogP contribution in [0.4, 0.5) is 0 Å². The van der Waals surface area contributed by atoms with Crippen molar-refractivity contribution >= 4 is 0 Å². The van der Waals surface area contributed by atoms with Crippen LogP contribution < -0.4 is 22.9 Å². The molecule has 1 aliphatic rings. The van der Waals surface area contributed by atoms with Gasteiger partial charge in [0.25, 0.3) is 0 Å². The van der Waals surface area contributed by atoms with Crippen LogP contribution in [0, 0.1) is 6.92 Å². The number of nitrogens with two attached hydrogens (primary N) is 4. The van der Waals surface area contributed by atoms with Gasteiger partial charge in [0, 0.05) is 17.0 Å². The van der Waals surface area contributed by atoms with E-state index >= 15 is 0 Å². The Kier molecular flexibility index (Phi) is 7.82. The van der Waals surface area contributed by atoms with Crippen LogP contribution in [-0.4, -0.2) is 5.66 Å². The van der Waals surface area contributed by atoms with Gasteiger partial charge in [-0.3, -0.25) is 0 Å². The Morgan fingerprint density at radius 3 is 2.52 bits per heavy atom. The fourth-order valence-corrected chi connectivity index (χ4v) is 3.29. The summed E-state index contributed by atoms with van der Waals surface area (Å²) < 4.78 is 0. The molecule has 0 saturated carbocycles. The monoisotopic (exact) mass is 390 g/mol. The Labute approximate surface area is 175 Å². The Balaban J connectivity index is 1.95. The average Bonchev–Trinajstić information content (AvgIpc) is 2.62. The highest BCUT2D eigenvalue weighted by Gasteiger charge is 2.28. The van der Waals surface area contributed by atoms with Crippen molar-refractivity contribution in [3.05, 3.63) is 107 Å². The molecule has 0 heterocycles. The fraction of sp³-hybridized carbons (Fsp3) is 0.280. The minimum absolute atomic E-state index is 0.664. The quantitative estimate of drug-likeness (QED) is 0.417. The van der Waals surface area contributed by atoms with Crippen LogP contribution in [0.1, 0.15) is 37.3 Å². The van der Waals surface area contributed by atoms with Crippen molar-refractivity contribution < 1.29 is 0 Å². The van der Waals surface area contributed by atoms with Crippen molar-refractivity contribution in [3.8, 4) is 0 Å². The molecule has 0 unspecified atom stereocenters. The highest BCUT2D eigenvalue weighted by atomic mass is 15.0. The van der Waals surface area contributed by atoms with E-state index in [-0.39, 0.29) is 0 Å². The molecule has 0 radical (unpaired) electrons. The van der Waals surface area contributed by atoms with Gasteiger partial charge >= 0.3 is 0 Å². The second kappa shape index (κ2) is 10.1. The van der Waals surface area contributed by atoms with Crippen molar-refractivity contribution in [1.82, 2.24) is 0 Å². The molecule has 1 aromatic rings. The van der Waals surface area contributed by atoms with E-state index in [4.69, 9.17) is 22.9 Å². The zero-order valence-corrected chi connectivity index (χ0v) is 17.6. The van der Waals surface area contributed by atoms with Gasteiger partial charge in [0.2, 0.25) is 0 Å². The largest absolute Gasteiger partial charge is 0.402 e.